The van der Waals surface area contributed by atoms with Gasteiger partial charge in [0.25, 0.3) is 0 Å². The van der Waals surface area contributed by atoms with Crippen molar-refractivity contribution >= 4 is 48.1 Å². The highest BCUT2D eigenvalue weighted by atomic mass is 16.6. The summed E-state index contributed by atoms with van der Waals surface area (Å²) in [4.78, 5) is 83.6. The number of hydrogen-bond acceptors (Lipinski definition) is 12. The SMILES string of the molecule is COC(=O)[C@@H]1CCCCN=C(NC(=O)OC(C)(C)C)NC(=O)N[C@H](C(=O)OC)CCCCN=C(NC(=O)OC(C)(C)C)NC(=O)N1. The number of guanidine groups is 2. The van der Waals surface area contributed by atoms with E-state index in [9.17, 15) is 28.8 Å². The van der Waals surface area contributed by atoms with Gasteiger partial charge in [-0.05, 0) is 80.1 Å². The fraction of sp³-hybridized carbons (Fsp3) is 0.714. The Balaban J connectivity index is 3.24. The second kappa shape index (κ2) is 19.0. The standard InChI is InChI=1S/C28H48N8O10/c1-27(2,3)45-25(41)35-21-29-15-11-9-13-18(20(38)44-8)32-24(40)34-22(36-26(42)46-28(4,5)6)30-16-12-10-14-17(19(37)43-7)31-23(39)33-21/h17-18H,9-16H2,1-8H3,(H3,29,31,33,35,39,41)(H3,30,32,34,36,40,42)/t17-,18-/m0/s1. The number of amides is 6. The first kappa shape index (κ1) is 39.4. The van der Waals surface area contributed by atoms with Crippen LogP contribution >= 0.6 is 0 Å². The molecule has 2 atom stereocenters. The van der Waals surface area contributed by atoms with Gasteiger partial charge in [0, 0.05) is 13.1 Å². The summed E-state index contributed by atoms with van der Waals surface area (Å²) in [6, 6.07) is -3.78. The number of aliphatic imine (C=N–C) groups is 2. The monoisotopic (exact) mass is 656 g/mol. The highest BCUT2D eigenvalue weighted by Crippen LogP contribution is 2.09. The van der Waals surface area contributed by atoms with E-state index in [0.29, 0.717) is 25.7 Å². The molecule has 1 heterocycles. The van der Waals surface area contributed by atoms with Gasteiger partial charge in [0.15, 0.2) is 0 Å². The van der Waals surface area contributed by atoms with E-state index in [1.165, 1.54) is 14.2 Å². The van der Waals surface area contributed by atoms with E-state index in [-0.39, 0.29) is 37.9 Å². The predicted octanol–water partition coefficient (Wildman–Crippen LogP) is 1.78. The molecule has 1 rings (SSSR count). The minimum Gasteiger partial charge on any atom is -0.467 e. The second-order valence-electron chi connectivity index (χ2n) is 12.1. The quantitative estimate of drug-likeness (QED) is 0.186. The Hall–Kier alpha value is -4.64. The minimum absolute atomic E-state index is 0.0859. The smallest absolute Gasteiger partial charge is 0.414 e. The van der Waals surface area contributed by atoms with Crippen LogP contribution in [0.1, 0.15) is 80.1 Å². The summed E-state index contributed by atoms with van der Waals surface area (Å²) in [5.41, 5.74) is -1.65. The molecule has 0 fully saturated rings. The number of esters is 2. The number of hydrogen-bond donors (Lipinski definition) is 6. The molecule has 6 N–H and O–H groups in total. The molecule has 1 aliphatic rings. The third-order valence-electron chi connectivity index (χ3n) is 5.63. The van der Waals surface area contributed by atoms with Crippen LogP contribution in [0.5, 0.6) is 0 Å². The average Bonchev–Trinajstić information content (AvgIpc) is 2.91. The summed E-state index contributed by atoms with van der Waals surface area (Å²) < 4.78 is 20.1. The first-order valence-electron chi connectivity index (χ1n) is 14.8. The first-order valence-corrected chi connectivity index (χ1v) is 14.8. The largest absolute Gasteiger partial charge is 0.467 e. The third kappa shape index (κ3) is 17.6. The highest BCUT2D eigenvalue weighted by molar-refractivity contribution is 6.04. The zero-order valence-electron chi connectivity index (χ0n) is 27.8. The van der Waals surface area contributed by atoms with Crippen molar-refractivity contribution in [3.05, 3.63) is 0 Å². The van der Waals surface area contributed by atoms with E-state index in [1.54, 1.807) is 41.5 Å². The first-order chi connectivity index (χ1) is 21.4. The number of ether oxygens (including phenoxy) is 4. The van der Waals surface area contributed by atoms with Crippen molar-refractivity contribution < 1.29 is 47.7 Å². The van der Waals surface area contributed by atoms with Gasteiger partial charge in [-0.25, -0.2) is 28.8 Å². The lowest BCUT2D eigenvalue weighted by molar-refractivity contribution is -0.143. The summed E-state index contributed by atoms with van der Waals surface area (Å²) in [6.07, 6.45) is -0.0149. The van der Waals surface area contributed by atoms with E-state index >= 15 is 0 Å². The van der Waals surface area contributed by atoms with Gasteiger partial charge >= 0.3 is 36.2 Å². The number of alkyl carbamates (subject to hydrolysis) is 2. The number of nitrogens with zero attached hydrogens (tertiary/aromatic N) is 2. The second-order valence-corrected chi connectivity index (χ2v) is 12.1. The van der Waals surface area contributed by atoms with E-state index in [2.05, 4.69) is 41.9 Å². The molecular weight excluding hydrogens is 608 g/mol. The zero-order valence-corrected chi connectivity index (χ0v) is 27.8. The van der Waals surface area contributed by atoms with Gasteiger partial charge in [0.05, 0.1) is 14.2 Å². The summed E-state index contributed by atoms with van der Waals surface area (Å²) >= 11 is 0. The minimum atomic E-state index is -1.05. The molecule has 1 aliphatic heterocycles. The zero-order chi connectivity index (χ0) is 34.9. The lowest BCUT2D eigenvalue weighted by Crippen LogP contribution is -2.53. The average molecular weight is 657 g/mol. The molecule has 0 saturated heterocycles. The Kier molecular flexibility index (Phi) is 16.3. The molecule has 18 heteroatoms. The summed E-state index contributed by atoms with van der Waals surface area (Å²) in [5.74, 6) is -1.87. The number of urea groups is 2. The van der Waals surface area contributed by atoms with Crippen LogP contribution in [0.25, 0.3) is 0 Å². The van der Waals surface area contributed by atoms with Crippen molar-refractivity contribution in [3.63, 3.8) is 0 Å². The van der Waals surface area contributed by atoms with Gasteiger partial charge in [-0.2, -0.15) is 0 Å². The maximum atomic E-state index is 12.8. The molecule has 0 bridgehead atoms. The van der Waals surface area contributed by atoms with Gasteiger partial charge in [-0.1, -0.05) is 0 Å². The molecule has 0 radical (unpaired) electrons. The van der Waals surface area contributed by atoms with Gasteiger partial charge in [0.1, 0.15) is 23.3 Å². The summed E-state index contributed by atoms with van der Waals surface area (Å²) in [5, 5.41) is 14.6. The van der Waals surface area contributed by atoms with Crippen LogP contribution in [0.15, 0.2) is 9.98 Å². The normalized spacial score (nSPS) is 19.6. The summed E-state index contributed by atoms with van der Waals surface area (Å²) in [6.45, 7) is 10.2. The van der Waals surface area contributed by atoms with Gasteiger partial charge in [-0.15, -0.1) is 0 Å². The van der Waals surface area contributed by atoms with E-state index in [4.69, 9.17) is 18.9 Å². The molecule has 0 aromatic rings. The maximum Gasteiger partial charge on any atom is 0.414 e. The topological polar surface area (TPSA) is 236 Å². The van der Waals surface area contributed by atoms with Crippen LogP contribution in [-0.2, 0) is 28.5 Å². The molecule has 0 saturated carbocycles. The Bertz CT molecular complexity index is 1060. The number of methoxy groups -OCH3 is 2. The van der Waals surface area contributed by atoms with Crippen LogP contribution in [0.3, 0.4) is 0 Å². The number of nitrogens with one attached hydrogen (secondary N) is 6. The fourth-order valence-electron chi connectivity index (χ4n) is 3.71. The maximum absolute atomic E-state index is 12.8. The Labute approximate surface area is 268 Å². The van der Waals surface area contributed by atoms with Crippen LogP contribution < -0.4 is 31.9 Å². The third-order valence-corrected chi connectivity index (χ3v) is 5.63. The summed E-state index contributed by atoms with van der Waals surface area (Å²) in [7, 11) is 2.35. The Morgan fingerprint density at radius 2 is 1.00 bits per heavy atom. The van der Waals surface area contributed by atoms with Crippen molar-refractivity contribution in [1.82, 2.24) is 31.9 Å². The van der Waals surface area contributed by atoms with E-state index < -0.39 is 59.5 Å². The highest BCUT2D eigenvalue weighted by Gasteiger charge is 2.25. The van der Waals surface area contributed by atoms with Crippen LogP contribution in [0.2, 0.25) is 0 Å². The molecule has 0 aromatic carbocycles. The molecule has 0 aromatic heterocycles. The molecule has 0 unspecified atom stereocenters. The van der Waals surface area contributed by atoms with Gasteiger partial charge < -0.3 is 29.6 Å². The van der Waals surface area contributed by atoms with Crippen LogP contribution in [-0.4, -0.2) is 98.7 Å². The van der Waals surface area contributed by atoms with Crippen LogP contribution in [0.4, 0.5) is 19.2 Å². The van der Waals surface area contributed by atoms with Crippen molar-refractivity contribution in [2.45, 2.75) is 103 Å². The van der Waals surface area contributed by atoms with Crippen molar-refractivity contribution in [2.75, 3.05) is 27.3 Å². The molecule has 0 spiro atoms. The molecule has 0 aliphatic carbocycles. The lowest BCUT2D eigenvalue weighted by Gasteiger charge is -2.21. The molecule has 18 nitrogen and oxygen atoms in total. The number of carbonyl (C=O) groups excluding carboxylic acids is 6. The molecular formula is C28H48N8O10. The fourth-order valence-corrected chi connectivity index (χ4v) is 3.71. The number of rotatable bonds is 2. The van der Waals surface area contributed by atoms with Crippen molar-refractivity contribution in [2.24, 2.45) is 9.98 Å². The van der Waals surface area contributed by atoms with Gasteiger partial charge in [-0.3, -0.25) is 31.3 Å². The van der Waals surface area contributed by atoms with Crippen molar-refractivity contribution in [3.8, 4) is 0 Å². The van der Waals surface area contributed by atoms with Crippen LogP contribution in [0, 0.1) is 0 Å². The van der Waals surface area contributed by atoms with E-state index in [1.807, 2.05) is 0 Å². The molecule has 6 amide bonds. The molecule has 260 valence electrons. The number of carbonyl (C=O) groups is 6. The van der Waals surface area contributed by atoms with Crippen molar-refractivity contribution in [1.29, 1.82) is 0 Å². The predicted molar refractivity (Wildman–Crippen MR) is 166 cm³/mol. The Morgan fingerprint density at radius 1 is 0.652 bits per heavy atom. The Morgan fingerprint density at radius 3 is 1.30 bits per heavy atom. The molecule has 46 heavy (non-hydrogen) atoms. The van der Waals surface area contributed by atoms with Gasteiger partial charge in [0.2, 0.25) is 11.9 Å². The van der Waals surface area contributed by atoms with E-state index in [0.717, 1.165) is 0 Å². The lowest BCUT2D eigenvalue weighted by atomic mass is 10.1.